The Labute approximate surface area is 96.5 Å². The number of benzene rings is 1. The fourth-order valence-corrected chi connectivity index (χ4v) is 1.47. The molecule has 2 aromatic rings. The first-order valence-corrected chi connectivity index (χ1v) is 5.11. The van der Waals surface area contributed by atoms with Crippen LogP contribution < -0.4 is 5.73 Å². The van der Waals surface area contributed by atoms with Gasteiger partial charge in [-0.05, 0) is 17.7 Å². The number of aromatic nitrogens is 1. The van der Waals surface area contributed by atoms with E-state index in [0.717, 1.165) is 16.8 Å². The van der Waals surface area contributed by atoms with Gasteiger partial charge in [-0.3, -0.25) is 4.98 Å². The Balaban J connectivity index is 0.000000606. The second-order valence-corrected chi connectivity index (χ2v) is 3.08. The minimum absolute atomic E-state index is 0.548. The molecule has 2 N–H and O–H groups in total. The molecule has 16 heavy (non-hydrogen) atoms. The normalized spacial score (nSPS) is 9.06. The molecule has 0 spiro atoms. The van der Waals surface area contributed by atoms with E-state index in [0.29, 0.717) is 6.54 Å². The van der Waals surface area contributed by atoms with E-state index in [-0.39, 0.29) is 0 Å². The highest BCUT2D eigenvalue weighted by Gasteiger charge is 2.02. The lowest BCUT2D eigenvalue weighted by atomic mass is 10.0. The fourth-order valence-electron chi connectivity index (χ4n) is 1.47. The molecule has 0 aliphatic rings. The summed E-state index contributed by atoms with van der Waals surface area (Å²) in [6.07, 6.45) is 1.79. The standard InChI is InChI=1S/C12H12N2.C2H4/c13-9-10-5-1-2-6-11(10)12-7-3-4-8-14-12;1-2/h1-8H,9,13H2;1-2H2. The molecule has 2 nitrogen and oxygen atoms in total. The highest BCUT2D eigenvalue weighted by Crippen LogP contribution is 2.20. The van der Waals surface area contributed by atoms with Crippen molar-refractivity contribution in [3.63, 3.8) is 0 Å². The van der Waals surface area contributed by atoms with Crippen molar-refractivity contribution in [2.45, 2.75) is 6.54 Å². The maximum Gasteiger partial charge on any atom is 0.0705 e. The molecular weight excluding hydrogens is 196 g/mol. The SMILES string of the molecule is C=C.NCc1ccccc1-c1ccccn1. The van der Waals surface area contributed by atoms with Crippen LogP contribution in [-0.4, -0.2) is 4.98 Å². The molecule has 0 aliphatic carbocycles. The molecule has 0 aliphatic heterocycles. The van der Waals surface area contributed by atoms with Crippen LogP contribution >= 0.6 is 0 Å². The van der Waals surface area contributed by atoms with Crippen molar-refractivity contribution in [3.05, 3.63) is 67.4 Å². The number of rotatable bonds is 2. The number of hydrogen-bond acceptors (Lipinski definition) is 2. The Bertz CT molecular complexity index is 424. The highest BCUT2D eigenvalue weighted by molar-refractivity contribution is 5.63. The van der Waals surface area contributed by atoms with Crippen LogP contribution in [0.15, 0.2) is 61.8 Å². The lowest BCUT2D eigenvalue weighted by molar-refractivity contribution is 1.07. The average Bonchev–Trinajstić information content (AvgIpc) is 2.42. The molecule has 0 atom stereocenters. The maximum atomic E-state index is 5.66. The van der Waals surface area contributed by atoms with Crippen molar-refractivity contribution in [2.24, 2.45) is 5.73 Å². The highest BCUT2D eigenvalue weighted by atomic mass is 14.7. The first-order valence-electron chi connectivity index (χ1n) is 5.11. The van der Waals surface area contributed by atoms with Gasteiger partial charge in [-0.25, -0.2) is 0 Å². The number of nitrogens with zero attached hydrogens (tertiary/aromatic N) is 1. The summed E-state index contributed by atoms with van der Waals surface area (Å²) in [7, 11) is 0. The van der Waals surface area contributed by atoms with E-state index in [1.807, 2.05) is 42.5 Å². The zero-order chi connectivity index (χ0) is 11.8. The zero-order valence-electron chi connectivity index (χ0n) is 9.26. The van der Waals surface area contributed by atoms with Crippen LogP contribution in [0.4, 0.5) is 0 Å². The summed E-state index contributed by atoms with van der Waals surface area (Å²) in [6, 6.07) is 14.0. The molecule has 0 saturated heterocycles. The van der Waals surface area contributed by atoms with Gasteiger partial charge in [0.2, 0.25) is 0 Å². The summed E-state index contributed by atoms with van der Waals surface area (Å²) in [5.74, 6) is 0. The van der Waals surface area contributed by atoms with Crippen LogP contribution in [0.1, 0.15) is 5.56 Å². The summed E-state index contributed by atoms with van der Waals surface area (Å²) in [6.45, 7) is 6.55. The first-order chi connectivity index (χ1) is 7.92. The Kier molecular flexibility index (Phi) is 4.96. The van der Waals surface area contributed by atoms with Gasteiger partial charge in [-0.15, -0.1) is 13.2 Å². The summed E-state index contributed by atoms with van der Waals surface area (Å²) in [5, 5.41) is 0. The molecule has 0 fully saturated rings. The van der Waals surface area contributed by atoms with Gasteiger partial charge in [-0.1, -0.05) is 30.3 Å². The Morgan fingerprint density at radius 3 is 2.31 bits per heavy atom. The molecule has 0 saturated carbocycles. The van der Waals surface area contributed by atoms with Gasteiger partial charge in [-0.2, -0.15) is 0 Å². The van der Waals surface area contributed by atoms with Gasteiger partial charge in [0.1, 0.15) is 0 Å². The van der Waals surface area contributed by atoms with Gasteiger partial charge >= 0.3 is 0 Å². The predicted octanol–water partition coefficient (Wildman–Crippen LogP) is 3.01. The second-order valence-electron chi connectivity index (χ2n) is 3.08. The lowest BCUT2D eigenvalue weighted by Gasteiger charge is -2.05. The molecule has 0 unspecified atom stereocenters. The molecule has 0 bridgehead atoms. The summed E-state index contributed by atoms with van der Waals surface area (Å²) in [4.78, 5) is 4.30. The van der Waals surface area contributed by atoms with Crippen molar-refractivity contribution < 1.29 is 0 Å². The Hall–Kier alpha value is -1.93. The molecule has 1 heterocycles. The van der Waals surface area contributed by atoms with Crippen molar-refractivity contribution in [2.75, 3.05) is 0 Å². The average molecular weight is 212 g/mol. The molecule has 1 aromatic carbocycles. The van der Waals surface area contributed by atoms with Crippen molar-refractivity contribution in [1.82, 2.24) is 4.98 Å². The van der Waals surface area contributed by atoms with E-state index in [2.05, 4.69) is 18.1 Å². The third kappa shape index (κ3) is 2.78. The van der Waals surface area contributed by atoms with Crippen molar-refractivity contribution >= 4 is 0 Å². The van der Waals surface area contributed by atoms with Crippen LogP contribution in [0.5, 0.6) is 0 Å². The van der Waals surface area contributed by atoms with Gasteiger partial charge in [0.05, 0.1) is 5.69 Å². The number of hydrogen-bond donors (Lipinski definition) is 1. The van der Waals surface area contributed by atoms with Gasteiger partial charge < -0.3 is 5.73 Å². The Morgan fingerprint density at radius 2 is 1.69 bits per heavy atom. The largest absolute Gasteiger partial charge is 0.326 e. The van der Waals surface area contributed by atoms with E-state index in [9.17, 15) is 0 Å². The van der Waals surface area contributed by atoms with E-state index in [1.54, 1.807) is 6.20 Å². The summed E-state index contributed by atoms with van der Waals surface area (Å²) < 4.78 is 0. The molecule has 2 heteroatoms. The molecular formula is C14H16N2. The van der Waals surface area contributed by atoms with Gasteiger partial charge in [0.25, 0.3) is 0 Å². The smallest absolute Gasteiger partial charge is 0.0705 e. The zero-order valence-corrected chi connectivity index (χ0v) is 9.26. The molecule has 1 aromatic heterocycles. The third-order valence-electron chi connectivity index (χ3n) is 2.18. The van der Waals surface area contributed by atoms with Crippen LogP contribution in [0.25, 0.3) is 11.3 Å². The van der Waals surface area contributed by atoms with Crippen LogP contribution in [0.3, 0.4) is 0 Å². The lowest BCUT2D eigenvalue weighted by Crippen LogP contribution is -1.99. The fraction of sp³-hybridized carbons (Fsp3) is 0.0714. The van der Waals surface area contributed by atoms with Crippen molar-refractivity contribution in [3.8, 4) is 11.3 Å². The predicted molar refractivity (Wildman–Crippen MR) is 68.8 cm³/mol. The minimum Gasteiger partial charge on any atom is -0.326 e. The minimum atomic E-state index is 0.548. The number of pyridine rings is 1. The molecule has 82 valence electrons. The van der Waals surface area contributed by atoms with Crippen LogP contribution in [-0.2, 0) is 6.54 Å². The second kappa shape index (κ2) is 6.53. The van der Waals surface area contributed by atoms with Crippen LogP contribution in [0.2, 0.25) is 0 Å². The van der Waals surface area contributed by atoms with Crippen LogP contribution in [0, 0.1) is 0 Å². The molecule has 2 rings (SSSR count). The maximum absolute atomic E-state index is 5.66. The van der Waals surface area contributed by atoms with E-state index < -0.39 is 0 Å². The first kappa shape index (κ1) is 12.1. The quantitative estimate of drug-likeness (QED) is 0.777. The third-order valence-corrected chi connectivity index (χ3v) is 2.18. The Morgan fingerprint density at radius 1 is 1.00 bits per heavy atom. The topological polar surface area (TPSA) is 38.9 Å². The summed E-state index contributed by atoms with van der Waals surface area (Å²) >= 11 is 0. The van der Waals surface area contributed by atoms with Gasteiger partial charge in [0, 0.05) is 18.3 Å². The number of nitrogens with two attached hydrogens (primary N) is 1. The van der Waals surface area contributed by atoms with Gasteiger partial charge in [0.15, 0.2) is 0 Å². The monoisotopic (exact) mass is 212 g/mol. The molecule has 0 radical (unpaired) electrons. The van der Waals surface area contributed by atoms with E-state index in [1.165, 1.54) is 0 Å². The summed E-state index contributed by atoms with van der Waals surface area (Å²) in [5.41, 5.74) is 8.89. The van der Waals surface area contributed by atoms with E-state index >= 15 is 0 Å². The molecule has 0 amide bonds. The van der Waals surface area contributed by atoms with Crippen molar-refractivity contribution in [1.29, 1.82) is 0 Å². The van der Waals surface area contributed by atoms with E-state index in [4.69, 9.17) is 5.73 Å².